The van der Waals surface area contributed by atoms with Crippen LogP contribution in [0.3, 0.4) is 0 Å². The summed E-state index contributed by atoms with van der Waals surface area (Å²) < 4.78 is 3.06. The van der Waals surface area contributed by atoms with Gasteiger partial charge in [-0.1, -0.05) is 76.6 Å². The van der Waals surface area contributed by atoms with Crippen molar-refractivity contribution in [3.8, 4) is 34.5 Å². The van der Waals surface area contributed by atoms with Gasteiger partial charge < -0.3 is 0 Å². The van der Waals surface area contributed by atoms with Gasteiger partial charge in [-0.2, -0.15) is 5.26 Å². The van der Waals surface area contributed by atoms with Gasteiger partial charge in [-0.3, -0.25) is 4.57 Å². The molecule has 0 amide bonds. The van der Waals surface area contributed by atoms with E-state index in [9.17, 15) is 5.26 Å². The number of hydrogen-bond acceptors (Lipinski definition) is 3. The van der Waals surface area contributed by atoms with E-state index in [4.69, 9.17) is 9.97 Å². The van der Waals surface area contributed by atoms with Crippen LogP contribution in [0.4, 0.5) is 0 Å². The number of nitrogens with zero attached hydrogens (tertiary/aromatic N) is 4. The van der Waals surface area contributed by atoms with Crippen molar-refractivity contribution >= 4 is 37.7 Å². The molecule has 5 heteroatoms. The largest absolute Gasteiger partial charge is 0.278 e. The average molecular weight is 501 g/mol. The van der Waals surface area contributed by atoms with Crippen molar-refractivity contribution in [2.75, 3.05) is 0 Å². The molecule has 0 aliphatic heterocycles. The minimum Gasteiger partial charge on any atom is -0.278 e. The number of aromatic nitrogens is 3. The summed E-state index contributed by atoms with van der Waals surface area (Å²) in [4.78, 5) is 10.0. The highest BCUT2D eigenvalue weighted by atomic mass is 79.9. The zero-order valence-electron chi connectivity index (χ0n) is 18.0. The lowest BCUT2D eigenvalue weighted by atomic mass is 10.1. The molecular weight excluding hydrogens is 484 g/mol. The van der Waals surface area contributed by atoms with E-state index in [0.717, 1.165) is 48.8 Å². The molecule has 160 valence electrons. The highest BCUT2D eigenvalue weighted by Crippen LogP contribution is 2.35. The molecule has 0 bridgehead atoms. The second-order valence-corrected chi connectivity index (χ2v) is 8.93. The number of benzene rings is 4. The van der Waals surface area contributed by atoms with Gasteiger partial charge in [0.25, 0.3) is 0 Å². The van der Waals surface area contributed by atoms with Crippen LogP contribution in [-0.2, 0) is 0 Å². The predicted molar refractivity (Wildman–Crippen MR) is 140 cm³/mol. The van der Waals surface area contributed by atoms with E-state index in [1.54, 1.807) is 0 Å². The highest BCUT2D eigenvalue weighted by molar-refractivity contribution is 9.10. The summed E-state index contributed by atoms with van der Waals surface area (Å²) in [5, 5.41) is 11.5. The van der Waals surface area contributed by atoms with Crippen molar-refractivity contribution in [2.24, 2.45) is 0 Å². The van der Waals surface area contributed by atoms with Crippen molar-refractivity contribution in [1.29, 1.82) is 5.26 Å². The van der Waals surface area contributed by atoms with Crippen LogP contribution in [0.15, 0.2) is 108 Å². The summed E-state index contributed by atoms with van der Waals surface area (Å²) in [6.07, 6.45) is 0. The van der Waals surface area contributed by atoms with Crippen LogP contribution in [0.1, 0.15) is 5.56 Å². The highest BCUT2D eigenvalue weighted by Gasteiger charge is 2.17. The van der Waals surface area contributed by atoms with E-state index in [0.29, 0.717) is 11.5 Å². The molecule has 4 nitrogen and oxygen atoms in total. The molecule has 0 N–H and O–H groups in total. The van der Waals surface area contributed by atoms with E-state index in [1.807, 2.05) is 66.7 Å². The van der Waals surface area contributed by atoms with Crippen LogP contribution in [0.5, 0.6) is 0 Å². The Morgan fingerprint density at radius 1 is 0.647 bits per heavy atom. The fourth-order valence-electron chi connectivity index (χ4n) is 4.33. The zero-order chi connectivity index (χ0) is 23.1. The Hall–Kier alpha value is -4.27. The predicted octanol–water partition coefficient (Wildman–Crippen LogP) is 7.54. The fourth-order valence-corrected chi connectivity index (χ4v) is 4.69. The SMILES string of the molecule is N#Cc1ccc2c(c1)c1cc(Br)ccc1n2-c1nc(-c2ccccc2)cc(-c2ccccc2)n1. The Labute approximate surface area is 204 Å². The summed E-state index contributed by atoms with van der Waals surface area (Å²) in [6, 6.07) is 36.5. The van der Waals surface area contributed by atoms with Crippen molar-refractivity contribution in [3.63, 3.8) is 0 Å². The molecule has 2 aromatic heterocycles. The van der Waals surface area contributed by atoms with Gasteiger partial charge >= 0.3 is 0 Å². The molecule has 0 radical (unpaired) electrons. The van der Waals surface area contributed by atoms with Crippen LogP contribution in [0.2, 0.25) is 0 Å². The summed E-state index contributed by atoms with van der Waals surface area (Å²) in [5.41, 5.74) is 6.32. The molecule has 0 unspecified atom stereocenters. The first-order valence-corrected chi connectivity index (χ1v) is 11.6. The van der Waals surface area contributed by atoms with Gasteiger partial charge in [0, 0.05) is 26.4 Å². The minimum absolute atomic E-state index is 0.590. The molecule has 6 aromatic rings. The quantitative estimate of drug-likeness (QED) is 0.252. The number of hydrogen-bond donors (Lipinski definition) is 0. The molecule has 0 aliphatic carbocycles. The van der Waals surface area contributed by atoms with Crippen LogP contribution < -0.4 is 0 Å². The number of fused-ring (bicyclic) bond motifs is 3. The molecule has 0 atom stereocenters. The van der Waals surface area contributed by atoms with Crippen LogP contribution in [0, 0.1) is 11.3 Å². The van der Waals surface area contributed by atoms with Crippen molar-refractivity contribution in [1.82, 2.24) is 14.5 Å². The monoisotopic (exact) mass is 500 g/mol. The van der Waals surface area contributed by atoms with Gasteiger partial charge in [-0.25, -0.2) is 9.97 Å². The molecule has 0 saturated carbocycles. The van der Waals surface area contributed by atoms with Crippen molar-refractivity contribution < 1.29 is 0 Å². The summed E-state index contributed by atoms with van der Waals surface area (Å²) >= 11 is 3.60. The Balaban J connectivity index is 1.70. The molecule has 2 heterocycles. The summed E-state index contributed by atoms with van der Waals surface area (Å²) in [5.74, 6) is 0.590. The molecule has 0 spiro atoms. The number of rotatable bonds is 3. The zero-order valence-corrected chi connectivity index (χ0v) is 19.6. The van der Waals surface area contributed by atoms with Crippen LogP contribution in [-0.4, -0.2) is 14.5 Å². The van der Waals surface area contributed by atoms with E-state index >= 15 is 0 Å². The third-order valence-electron chi connectivity index (χ3n) is 5.91. The molecule has 0 fully saturated rings. The van der Waals surface area contributed by atoms with Gasteiger partial charge in [0.1, 0.15) is 0 Å². The Kier molecular flexibility index (Phi) is 4.94. The smallest absolute Gasteiger partial charge is 0.235 e. The van der Waals surface area contributed by atoms with E-state index in [2.05, 4.69) is 63.0 Å². The van der Waals surface area contributed by atoms with Gasteiger partial charge in [0.2, 0.25) is 5.95 Å². The Morgan fingerprint density at radius 3 is 1.79 bits per heavy atom. The first-order chi connectivity index (χ1) is 16.7. The van der Waals surface area contributed by atoms with E-state index in [1.165, 1.54) is 0 Å². The lowest BCUT2D eigenvalue weighted by Gasteiger charge is -2.11. The maximum atomic E-state index is 9.48. The minimum atomic E-state index is 0.590. The molecular formula is C29H17BrN4. The van der Waals surface area contributed by atoms with Gasteiger partial charge in [-0.05, 0) is 42.5 Å². The third-order valence-corrected chi connectivity index (χ3v) is 6.40. The standard InChI is InChI=1S/C29H17BrN4/c30-22-12-14-28-24(16-22)23-15-19(18-31)11-13-27(23)34(28)29-32-25(20-7-3-1-4-8-20)17-26(33-29)21-9-5-2-6-10-21/h1-17H. The molecule has 4 aromatic carbocycles. The topological polar surface area (TPSA) is 54.5 Å². The number of nitriles is 1. The van der Waals surface area contributed by atoms with Crippen LogP contribution in [0.25, 0.3) is 50.3 Å². The number of halogens is 1. The lowest BCUT2D eigenvalue weighted by Crippen LogP contribution is -2.04. The molecule has 34 heavy (non-hydrogen) atoms. The Morgan fingerprint density at radius 2 is 1.21 bits per heavy atom. The van der Waals surface area contributed by atoms with Crippen molar-refractivity contribution in [2.45, 2.75) is 0 Å². The van der Waals surface area contributed by atoms with Crippen molar-refractivity contribution in [3.05, 3.63) is 113 Å². The Bertz CT molecular complexity index is 1660. The maximum absolute atomic E-state index is 9.48. The van der Waals surface area contributed by atoms with Crippen LogP contribution >= 0.6 is 15.9 Å². The van der Waals surface area contributed by atoms with E-state index < -0.39 is 0 Å². The third kappa shape index (κ3) is 3.45. The second-order valence-electron chi connectivity index (χ2n) is 8.01. The first-order valence-electron chi connectivity index (χ1n) is 10.9. The fraction of sp³-hybridized carbons (Fsp3) is 0. The van der Waals surface area contributed by atoms with E-state index in [-0.39, 0.29) is 0 Å². The summed E-state index contributed by atoms with van der Waals surface area (Å²) in [6.45, 7) is 0. The van der Waals surface area contributed by atoms with Gasteiger partial charge in [0.15, 0.2) is 0 Å². The maximum Gasteiger partial charge on any atom is 0.235 e. The average Bonchev–Trinajstić information content (AvgIpc) is 3.22. The summed E-state index contributed by atoms with van der Waals surface area (Å²) in [7, 11) is 0. The molecule has 0 aliphatic rings. The van der Waals surface area contributed by atoms with Gasteiger partial charge in [0.05, 0.1) is 34.1 Å². The molecule has 0 saturated heterocycles. The van der Waals surface area contributed by atoms with Gasteiger partial charge in [-0.15, -0.1) is 0 Å². The molecule has 6 rings (SSSR count). The second kappa shape index (κ2) is 8.26. The lowest BCUT2D eigenvalue weighted by molar-refractivity contribution is 0.995. The first kappa shape index (κ1) is 20.3. The normalized spacial score (nSPS) is 11.1.